The minimum absolute atomic E-state index is 0. The highest BCUT2D eigenvalue weighted by Gasteiger charge is 2.37. The van der Waals surface area contributed by atoms with Crippen molar-refractivity contribution in [2.75, 3.05) is 43.4 Å². The smallest absolute Gasteiger partial charge is 0.262 e. The van der Waals surface area contributed by atoms with Crippen molar-refractivity contribution >= 4 is 115 Å². The Labute approximate surface area is 620 Å². The van der Waals surface area contributed by atoms with Crippen molar-refractivity contribution < 1.29 is 22.0 Å². The molecule has 107 heavy (non-hydrogen) atoms. The maximum atomic E-state index is 14.8. The van der Waals surface area contributed by atoms with Crippen LogP contribution in [0.1, 0.15) is 158 Å². The molecule has 0 amide bonds. The van der Waals surface area contributed by atoms with Crippen LogP contribution < -0.4 is 54.5 Å². The minimum atomic E-state index is -0.443. The molecule has 22 heteroatoms. The molecule has 10 N–H and O–H groups in total. The van der Waals surface area contributed by atoms with E-state index in [0.29, 0.717) is 135 Å². The van der Waals surface area contributed by atoms with Gasteiger partial charge in [0, 0.05) is 95.9 Å². The third kappa shape index (κ3) is 12.7. The van der Waals surface area contributed by atoms with Gasteiger partial charge in [-0.1, -0.05) is 108 Å². The molecule has 0 aliphatic heterocycles. The van der Waals surface area contributed by atoms with Crippen LogP contribution in [0.5, 0.6) is 0 Å². The van der Waals surface area contributed by atoms with E-state index in [1.165, 1.54) is 9.13 Å². The van der Waals surface area contributed by atoms with E-state index in [-0.39, 0.29) is 61.4 Å². The van der Waals surface area contributed by atoms with Gasteiger partial charge in [0.05, 0.1) is 44.7 Å². The Kier molecular flexibility index (Phi) is 17.6. The molecule has 0 spiro atoms. The maximum absolute atomic E-state index is 14.8. The first-order chi connectivity index (χ1) is 51.6. The van der Waals surface area contributed by atoms with Gasteiger partial charge in [-0.25, -0.2) is 0 Å². The number of aromatic nitrogens is 8. The molecule has 0 saturated heterocycles. The number of nitrogen functional groups attached to an aromatic ring is 2. The maximum Gasteiger partial charge on any atom is 0.262 e. The second kappa shape index (κ2) is 27.4. The third-order valence-corrected chi connectivity index (χ3v) is 22.0. The number of benzene rings is 8. The summed E-state index contributed by atoms with van der Waals surface area (Å²) >= 11 is 0. The Bertz CT molecular complexity index is 5560. The number of carbonyl (C=O) groups is 4. The largest absolute Gasteiger partial charge is 0.368 e. The highest BCUT2D eigenvalue weighted by Crippen LogP contribution is 2.48. The number of carbonyl (C=O) groups excluding carboxylic acids is 4. The number of nitrogens with zero attached hydrogens (tertiary/aromatic N) is 8. The Balaban J connectivity index is 0.00000496. The van der Waals surface area contributed by atoms with Crippen LogP contribution in [0.2, 0.25) is 0 Å². The molecule has 4 aliphatic carbocycles. The molecule has 0 unspecified atom stereocenters. The fraction of sp³-hybridized carbons (Fsp3) is 0.247. The molecule has 4 aromatic heterocycles. The number of fused-ring (bicyclic) bond motifs is 4. The van der Waals surface area contributed by atoms with Gasteiger partial charge in [-0.3, -0.25) is 28.8 Å². The molecule has 2 fully saturated rings. The number of anilines is 12. The predicted octanol–water partition coefficient (Wildman–Crippen LogP) is 16.2. The molecular weight excluding hydrogens is 1340 g/mol. The number of nitrogens with two attached hydrogens (primary N) is 2. The number of ketones is 4. The van der Waals surface area contributed by atoms with Crippen molar-refractivity contribution in [1.82, 2.24) is 39.0 Å². The standard InChI is InChI=1S/C85H80N16O6.2H2/c1-42-15-13-17-50(35-42)74(102)72-66-54-19-9-11-21-56(54)76(104)68-58(31-33-64(70(66)68)100(7)78(72)106)90-60-40-62(46(5)37-44(60)3)92-84-96-80(86)94-82(98-84)88-52-27-23-48(24-28-52)39-49-25-29-53(30-26-49)89-83-95-81(87)97-85(99-83)93-63-41-61(45(4)38-47(63)6)91-59-32-34-65-71-67(55-20-10-12-22-57(55)77(105)69(59)71)73(79(107)101(65)8)75(103)51-18-14-16-43(2)36-51;;/h9-22,31-38,40-41,48-49,52-53,90-91H,23-30,39H2,1-8H3,(H4,86,88,92,94,96,98)(H4,87,89,93,95,97,99);2*1H. The average molecular weight is 1430 g/mol. The van der Waals surface area contributed by atoms with Crippen LogP contribution in [-0.4, -0.2) is 74.3 Å². The van der Waals surface area contributed by atoms with Crippen LogP contribution in [0.4, 0.5) is 69.8 Å². The lowest BCUT2D eigenvalue weighted by molar-refractivity contribution is 0.102. The van der Waals surface area contributed by atoms with Crippen molar-refractivity contribution in [3.8, 4) is 22.3 Å². The van der Waals surface area contributed by atoms with Gasteiger partial charge >= 0.3 is 0 Å². The number of nitrogens with one attached hydrogen (secondary N) is 6. The summed E-state index contributed by atoms with van der Waals surface area (Å²) in [5, 5.41) is 22.2. The normalized spacial score (nSPS) is 16.4. The summed E-state index contributed by atoms with van der Waals surface area (Å²) in [6.07, 6.45) is 9.28. The zero-order valence-electron chi connectivity index (χ0n) is 60.7. The molecule has 4 heterocycles. The highest BCUT2D eigenvalue weighted by molar-refractivity contribution is 6.32. The van der Waals surface area contributed by atoms with Crippen molar-refractivity contribution in [1.29, 1.82) is 0 Å². The molecule has 0 radical (unpaired) electrons. The zero-order valence-corrected chi connectivity index (χ0v) is 60.7. The van der Waals surface area contributed by atoms with Crippen LogP contribution in [-0.2, 0) is 14.1 Å². The van der Waals surface area contributed by atoms with Crippen molar-refractivity contribution in [3.63, 3.8) is 0 Å². The van der Waals surface area contributed by atoms with Crippen LogP contribution in [0.15, 0.2) is 155 Å². The Morgan fingerprint density at radius 2 is 0.766 bits per heavy atom. The second-order valence-electron chi connectivity index (χ2n) is 29.2. The number of rotatable bonds is 18. The third-order valence-electron chi connectivity index (χ3n) is 22.0. The van der Waals surface area contributed by atoms with Gasteiger partial charge in [0.2, 0.25) is 35.7 Å². The van der Waals surface area contributed by atoms with E-state index >= 15 is 0 Å². The van der Waals surface area contributed by atoms with Crippen LogP contribution in [0.25, 0.3) is 44.1 Å². The van der Waals surface area contributed by atoms with Crippen LogP contribution in [0.3, 0.4) is 0 Å². The van der Waals surface area contributed by atoms with Gasteiger partial charge in [-0.05, 0) is 193 Å². The molecule has 16 rings (SSSR count). The van der Waals surface area contributed by atoms with Crippen molar-refractivity contribution in [2.24, 2.45) is 25.9 Å². The summed E-state index contributed by atoms with van der Waals surface area (Å²) in [5.41, 5.74) is 26.5. The summed E-state index contributed by atoms with van der Waals surface area (Å²) in [5.74, 6) is 1.38. The number of aryl methyl sites for hydroxylation is 8. The summed E-state index contributed by atoms with van der Waals surface area (Å²) in [6, 6.07) is 44.2. The lowest BCUT2D eigenvalue weighted by Crippen LogP contribution is -2.30. The van der Waals surface area contributed by atoms with Crippen molar-refractivity contribution in [3.05, 3.63) is 244 Å². The van der Waals surface area contributed by atoms with Crippen LogP contribution in [0, 0.1) is 53.4 Å². The zero-order chi connectivity index (χ0) is 74.4. The van der Waals surface area contributed by atoms with E-state index in [1.54, 1.807) is 86.9 Å². The molecule has 22 nitrogen and oxygen atoms in total. The Hall–Kier alpha value is -12.7. The van der Waals surface area contributed by atoms with Gasteiger partial charge in [0.1, 0.15) is 0 Å². The monoisotopic (exact) mass is 1420 g/mol. The first-order valence-corrected chi connectivity index (χ1v) is 36.4. The highest BCUT2D eigenvalue weighted by atomic mass is 16.2. The summed E-state index contributed by atoms with van der Waals surface area (Å²) in [4.78, 5) is 115. The molecule has 0 bridgehead atoms. The average Bonchev–Trinajstić information content (AvgIpc) is 0.712. The second-order valence-corrected chi connectivity index (χ2v) is 29.2. The summed E-state index contributed by atoms with van der Waals surface area (Å²) in [7, 11) is 3.27. The molecule has 12 aromatic rings. The first kappa shape index (κ1) is 68.7. The van der Waals surface area contributed by atoms with Gasteiger partial charge in [-0.2, -0.15) is 29.9 Å². The lowest BCUT2D eigenvalue weighted by atomic mass is 9.75. The fourth-order valence-electron chi connectivity index (χ4n) is 16.6. The van der Waals surface area contributed by atoms with Gasteiger partial charge < -0.3 is 52.5 Å². The SMILES string of the molecule is Cc1cccc(C(=O)c2c3c4c(c(Nc5cc(Nc6nc(N)nc(NC7CCC(CC8CCC(Nc9nc(N)nc(Nc%10cc(Nc%11ccc%12c%13c%11C(=O)c%11ccccc%11-c%13c(C(=O)c%11cccc(C)c%11)c(=O)n%12C)c(C)cc%10C)n9)CC8)CC7)n6)c(C)cc5C)ccc4n(C)c2=O)C(=O)c2ccccc2-3)c1.[HH].[HH]. The first-order valence-electron chi connectivity index (χ1n) is 36.4. The van der Waals surface area contributed by atoms with E-state index in [9.17, 15) is 28.8 Å². The van der Waals surface area contributed by atoms with Crippen LogP contribution >= 0.6 is 0 Å². The van der Waals surface area contributed by atoms with E-state index in [0.717, 1.165) is 91.2 Å². The molecule has 4 aliphatic rings. The number of hydrogen-bond donors (Lipinski definition) is 8. The Morgan fingerprint density at radius 3 is 1.15 bits per heavy atom. The van der Waals surface area contributed by atoms with Crippen molar-refractivity contribution in [2.45, 2.75) is 111 Å². The number of pyridine rings is 2. The fourth-order valence-corrected chi connectivity index (χ4v) is 16.6. The predicted molar refractivity (Wildman–Crippen MR) is 426 cm³/mol. The van der Waals surface area contributed by atoms with Gasteiger partial charge in [0.25, 0.3) is 11.1 Å². The Morgan fingerprint density at radius 1 is 0.402 bits per heavy atom. The summed E-state index contributed by atoms with van der Waals surface area (Å²) < 4.78 is 2.92. The molecule has 8 aromatic carbocycles. The molecule has 0 atom stereocenters. The quantitative estimate of drug-likeness (QED) is 0.0370. The van der Waals surface area contributed by atoms with Gasteiger partial charge in [0.15, 0.2) is 23.1 Å². The molecule has 2 saturated carbocycles. The minimum Gasteiger partial charge on any atom is -0.368 e. The topological polar surface area (TPSA) is 314 Å². The summed E-state index contributed by atoms with van der Waals surface area (Å²) in [6.45, 7) is 11.8. The molecular formula is C85H84N16O6. The molecule has 540 valence electrons. The lowest BCUT2D eigenvalue weighted by Gasteiger charge is -2.34. The van der Waals surface area contributed by atoms with E-state index < -0.39 is 22.7 Å². The van der Waals surface area contributed by atoms with E-state index in [1.807, 2.05) is 114 Å². The van der Waals surface area contributed by atoms with Gasteiger partial charge in [-0.15, -0.1) is 0 Å². The van der Waals surface area contributed by atoms with E-state index in [4.69, 9.17) is 21.4 Å². The van der Waals surface area contributed by atoms with E-state index in [2.05, 4.69) is 51.8 Å². The number of hydrogen-bond acceptors (Lipinski definition) is 20.